The summed E-state index contributed by atoms with van der Waals surface area (Å²) in [6, 6.07) is 12.0. The molecule has 3 rings (SSSR count). The van der Waals surface area contributed by atoms with Crippen LogP contribution in [0, 0.1) is 20.8 Å². The number of hydrogen-bond acceptors (Lipinski definition) is 5. The van der Waals surface area contributed by atoms with E-state index in [9.17, 15) is 9.59 Å². The summed E-state index contributed by atoms with van der Waals surface area (Å²) < 4.78 is 10.5. The number of methoxy groups -OCH3 is 1. The first kappa shape index (κ1) is 21.7. The summed E-state index contributed by atoms with van der Waals surface area (Å²) >= 11 is 0. The summed E-state index contributed by atoms with van der Waals surface area (Å²) in [5.74, 6) is 0.0629. The Balaban J connectivity index is 1.49. The fourth-order valence-electron chi connectivity index (χ4n) is 3.76. The topological polar surface area (TPSA) is 59.1 Å². The molecule has 0 atom stereocenters. The van der Waals surface area contributed by atoms with Crippen molar-refractivity contribution in [2.45, 2.75) is 27.2 Å². The first-order valence-corrected chi connectivity index (χ1v) is 10.3. The van der Waals surface area contributed by atoms with Crippen molar-refractivity contribution in [2.24, 2.45) is 0 Å². The monoisotopic (exact) mass is 410 g/mol. The lowest BCUT2D eigenvalue weighted by Crippen LogP contribution is -2.50. The lowest BCUT2D eigenvalue weighted by molar-refractivity contribution is -0.151. The number of anilines is 1. The fourth-order valence-corrected chi connectivity index (χ4v) is 3.76. The van der Waals surface area contributed by atoms with Crippen LogP contribution in [-0.4, -0.2) is 56.7 Å². The van der Waals surface area contributed by atoms with Crippen LogP contribution in [0.2, 0.25) is 0 Å². The number of esters is 1. The van der Waals surface area contributed by atoms with Crippen LogP contribution in [0.5, 0.6) is 5.75 Å². The Morgan fingerprint density at radius 2 is 1.73 bits per heavy atom. The van der Waals surface area contributed by atoms with E-state index in [1.165, 1.54) is 16.8 Å². The molecule has 1 aliphatic rings. The fraction of sp³-hybridized carbons (Fsp3) is 0.417. The van der Waals surface area contributed by atoms with E-state index in [1.54, 1.807) is 12.0 Å². The molecule has 0 radical (unpaired) electrons. The average Bonchev–Trinajstić information content (AvgIpc) is 2.74. The highest BCUT2D eigenvalue weighted by atomic mass is 16.5. The third-order valence-electron chi connectivity index (χ3n) is 5.68. The summed E-state index contributed by atoms with van der Waals surface area (Å²) in [5, 5.41) is 0. The Labute approximate surface area is 178 Å². The van der Waals surface area contributed by atoms with Crippen molar-refractivity contribution in [3.63, 3.8) is 0 Å². The van der Waals surface area contributed by atoms with Gasteiger partial charge in [0.15, 0.2) is 6.61 Å². The number of aryl methyl sites for hydroxylation is 2. The van der Waals surface area contributed by atoms with Crippen molar-refractivity contribution >= 4 is 17.6 Å². The molecule has 160 valence electrons. The molecule has 1 amide bonds. The van der Waals surface area contributed by atoms with Crippen molar-refractivity contribution in [1.29, 1.82) is 0 Å². The van der Waals surface area contributed by atoms with Gasteiger partial charge in [0.1, 0.15) is 5.75 Å². The Morgan fingerprint density at radius 3 is 2.43 bits per heavy atom. The average molecular weight is 411 g/mol. The Bertz CT molecular complexity index is 917. The van der Waals surface area contributed by atoms with Gasteiger partial charge < -0.3 is 19.3 Å². The summed E-state index contributed by atoms with van der Waals surface area (Å²) in [6.45, 7) is 8.75. The van der Waals surface area contributed by atoms with Crippen molar-refractivity contribution in [3.8, 4) is 5.75 Å². The number of hydrogen-bond donors (Lipinski definition) is 0. The van der Waals surface area contributed by atoms with E-state index in [0.717, 1.165) is 24.2 Å². The maximum atomic E-state index is 12.5. The van der Waals surface area contributed by atoms with E-state index in [2.05, 4.69) is 36.9 Å². The zero-order valence-corrected chi connectivity index (χ0v) is 18.2. The van der Waals surface area contributed by atoms with Gasteiger partial charge in [0.05, 0.1) is 13.5 Å². The predicted molar refractivity (Wildman–Crippen MR) is 117 cm³/mol. The normalized spacial score (nSPS) is 13.9. The lowest BCUT2D eigenvalue weighted by Gasteiger charge is -2.37. The molecule has 0 saturated carbocycles. The van der Waals surface area contributed by atoms with Gasteiger partial charge in [-0.05, 0) is 44.0 Å². The smallest absolute Gasteiger partial charge is 0.310 e. The molecule has 0 bridgehead atoms. The summed E-state index contributed by atoms with van der Waals surface area (Å²) in [6.07, 6.45) is 0.0819. The van der Waals surface area contributed by atoms with Crippen molar-refractivity contribution < 1.29 is 19.1 Å². The Hall–Kier alpha value is -3.02. The van der Waals surface area contributed by atoms with E-state index >= 15 is 0 Å². The van der Waals surface area contributed by atoms with Gasteiger partial charge in [0, 0.05) is 37.4 Å². The van der Waals surface area contributed by atoms with Gasteiger partial charge in [-0.15, -0.1) is 0 Å². The third-order valence-corrected chi connectivity index (χ3v) is 5.68. The van der Waals surface area contributed by atoms with E-state index in [4.69, 9.17) is 9.47 Å². The molecule has 1 fully saturated rings. The van der Waals surface area contributed by atoms with Gasteiger partial charge in [0.25, 0.3) is 5.91 Å². The first-order valence-electron chi connectivity index (χ1n) is 10.3. The van der Waals surface area contributed by atoms with Crippen molar-refractivity contribution in [3.05, 3.63) is 58.7 Å². The van der Waals surface area contributed by atoms with E-state index < -0.39 is 5.97 Å². The van der Waals surface area contributed by atoms with Gasteiger partial charge in [-0.1, -0.05) is 29.8 Å². The minimum atomic E-state index is -0.429. The molecule has 1 saturated heterocycles. The van der Waals surface area contributed by atoms with Crippen LogP contribution in [0.25, 0.3) is 0 Å². The summed E-state index contributed by atoms with van der Waals surface area (Å²) in [4.78, 5) is 28.8. The largest absolute Gasteiger partial charge is 0.496 e. The maximum Gasteiger partial charge on any atom is 0.310 e. The van der Waals surface area contributed by atoms with Crippen LogP contribution in [0.4, 0.5) is 5.69 Å². The van der Waals surface area contributed by atoms with E-state index in [0.29, 0.717) is 18.8 Å². The van der Waals surface area contributed by atoms with Crippen LogP contribution in [0.15, 0.2) is 36.4 Å². The number of rotatable bonds is 6. The van der Waals surface area contributed by atoms with Crippen LogP contribution >= 0.6 is 0 Å². The van der Waals surface area contributed by atoms with Gasteiger partial charge in [0.2, 0.25) is 0 Å². The SMILES string of the molecule is COc1ccc(C)cc1CC(=O)OCC(=O)N1CCN(c2cccc(C)c2C)CC1. The molecule has 0 unspecified atom stereocenters. The number of ether oxygens (including phenoxy) is 2. The van der Waals surface area contributed by atoms with Gasteiger partial charge in [-0.25, -0.2) is 0 Å². The highest BCUT2D eigenvalue weighted by molar-refractivity contribution is 5.82. The lowest BCUT2D eigenvalue weighted by atomic mass is 10.1. The number of benzene rings is 2. The predicted octanol–water partition coefficient (Wildman–Crippen LogP) is 3.05. The molecule has 0 aliphatic carbocycles. The Morgan fingerprint density at radius 1 is 1.00 bits per heavy atom. The molecule has 30 heavy (non-hydrogen) atoms. The number of carbonyl (C=O) groups is 2. The van der Waals surface area contributed by atoms with Crippen LogP contribution in [-0.2, 0) is 20.7 Å². The van der Waals surface area contributed by atoms with Crippen molar-refractivity contribution in [1.82, 2.24) is 4.90 Å². The molecule has 1 aliphatic heterocycles. The molecule has 6 heteroatoms. The Kier molecular flexibility index (Phi) is 6.98. The van der Waals surface area contributed by atoms with Gasteiger partial charge >= 0.3 is 5.97 Å². The van der Waals surface area contributed by atoms with Gasteiger partial charge in [-0.3, -0.25) is 9.59 Å². The maximum absolute atomic E-state index is 12.5. The standard InChI is InChI=1S/C24H30N2O4/c1-17-8-9-22(29-4)20(14-17)15-24(28)30-16-23(27)26-12-10-25(11-13-26)21-7-5-6-18(2)19(21)3/h5-9,14H,10-13,15-16H2,1-4H3. The van der Waals surface area contributed by atoms with Crippen LogP contribution < -0.4 is 9.64 Å². The number of carbonyl (C=O) groups excluding carboxylic acids is 2. The van der Waals surface area contributed by atoms with E-state index in [-0.39, 0.29) is 18.9 Å². The quantitative estimate of drug-likeness (QED) is 0.685. The highest BCUT2D eigenvalue weighted by Gasteiger charge is 2.23. The second kappa shape index (κ2) is 9.65. The molecular weight excluding hydrogens is 380 g/mol. The van der Waals surface area contributed by atoms with E-state index in [1.807, 2.05) is 25.1 Å². The number of nitrogens with zero attached hydrogens (tertiary/aromatic N) is 2. The minimum absolute atomic E-state index is 0.0819. The highest BCUT2D eigenvalue weighted by Crippen LogP contribution is 2.24. The summed E-state index contributed by atoms with van der Waals surface area (Å²) in [5.41, 5.74) is 5.56. The molecule has 6 nitrogen and oxygen atoms in total. The zero-order chi connectivity index (χ0) is 21.7. The number of piperazine rings is 1. The number of amides is 1. The molecule has 2 aromatic carbocycles. The van der Waals surface area contributed by atoms with Crippen LogP contribution in [0.1, 0.15) is 22.3 Å². The first-order chi connectivity index (χ1) is 14.4. The second-order valence-corrected chi connectivity index (χ2v) is 7.74. The van der Waals surface area contributed by atoms with Gasteiger partial charge in [-0.2, -0.15) is 0 Å². The molecule has 0 spiro atoms. The zero-order valence-electron chi connectivity index (χ0n) is 18.2. The molecule has 2 aromatic rings. The molecule has 0 aromatic heterocycles. The van der Waals surface area contributed by atoms with Crippen molar-refractivity contribution in [2.75, 3.05) is 44.8 Å². The second-order valence-electron chi connectivity index (χ2n) is 7.74. The third kappa shape index (κ3) is 5.12. The van der Waals surface area contributed by atoms with Crippen LogP contribution in [0.3, 0.4) is 0 Å². The molecule has 1 heterocycles. The molecule has 0 N–H and O–H groups in total. The summed E-state index contributed by atoms with van der Waals surface area (Å²) in [7, 11) is 1.57. The minimum Gasteiger partial charge on any atom is -0.496 e. The molecular formula is C24H30N2O4.